The number of alkyl halides is 3. The van der Waals surface area contributed by atoms with Crippen LogP contribution in [0.25, 0.3) is 0 Å². The molecule has 0 unspecified atom stereocenters. The van der Waals surface area contributed by atoms with E-state index < -0.39 is 23.9 Å². The van der Waals surface area contributed by atoms with Crippen molar-refractivity contribution in [3.05, 3.63) is 86.7 Å². The van der Waals surface area contributed by atoms with Gasteiger partial charge in [0.2, 0.25) is 5.91 Å². The summed E-state index contributed by atoms with van der Waals surface area (Å²) in [5.41, 5.74) is 2.29. The lowest BCUT2D eigenvalue weighted by Gasteiger charge is -2.33. The van der Waals surface area contributed by atoms with Gasteiger partial charge in [-0.2, -0.15) is 18.3 Å². The summed E-state index contributed by atoms with van der Waals surface area (Å²) in [5.74, 6) is -3.70. The van der Waals surface area contributed by atoms with Crippen LogP contribution in [-0.2, 0) is 16.0 Å². The predicted molar refractivity (Wildman–Crippen MR) is 130 cm³/mol. The summed E-state index contributed by atoms with van der Waals surface area (Å²) < 4.78 is 46.3. The molecule has 3 heterocycles. The molecule has 1 aliphatic rings. The number of nitrogens with one attached hydrogen (secondary N) is 1. The normalized spacial score (nSPS) is 13.5. The fraction of sp³-hybridized carbons (Fsp3) is 0.280. The lowest BCUT2D eigenvalue weighted by atomic mass is 10.0. The first kappa shape index (κ1) is 28.9. The number of carbonyl (C=O) groups is 3. The minimum Gasteiger partial charge on any atom is -0.475 e. The van der Waals surface area contributed by atoms with Crippen LogP contribution in [0.4, 0.5) is 23.4 Å². The maximum absolute atomic E-state index is 14.5. The minimum atomic E-state index is -5.08. The number of carbonyl (C=O) groups excluding carboxylic acids is 2. The third-order valence-electron chi connectivity index (χ3n) is 5.94. The van der Waals surface area contributed by atoms with Crippen LogP contribution in [0.2, 0.25) is 0 Å². The second-order valence-electron chi connectivity index (χ2n) is 8.50. The first-order chi connectivity index (χ1) is 18.3. The summed E-state index contributed by atoms with van der Waals surface area (Å²) in [6.07, 6.45) is -3.15. The second kappa shape index (κ2) is 11.8. The van der Waals surface area contributed by atoms with Gasteiger partial charge in [-0.15, -0.1) is 0 Å². The maximum atomic E-state index is 14.5. The number of amides is 2. The number of rotatable bonds is 4. The standard InChI is InChI=1S/C23H22FN5O3.C2HF3O2/c1-14-15(2)22(31)27-26-19(14)12-16-6-7-18(24)17(11-16)23(32)28-9-10-29(21(30)13-28)20-5-3-4-8-25-20;3-2(4,5)1(6)7/h3-8,11H,9-10,12-13H2,1-2H3,(H,27,31);(H,6,7). The Morgan fingerprint density at radius 1 is 1.08 bits per heavy atom. The van der Waals surface area contributed by atoms with Gasteiger partial charge in [-0.25, -0.2) is 19.3 Å². The van der Waals surface area contributed by atoms with Crippen molar-refractivity contribution in [2.24, 2.45) is 0 Å². The van der Waals surface area contributed by atoms with Gasteiger partial charge in [-0.1, -0.05) is 12.1 Å². The van der Waals surface area contributed by atoms with E-state index in [1.54, 1.807) is 44.3 Å². The summed E-state index contributed by atoms with van der Waals surface area (Å²) in [6.45, 7) is 3.90. The number of aromatic amines is 1. The molecule has 14 heteroatoms. The number of benzene rings is 1. The van der Waals surface area contributed by atoms with Gasteiger partial charge < -0.3 is 10.0 Å². The molecule has 2 N–H and O–H groups in total. The fourth-order valence-electron chi connectivity index (χ4n) is 3.66. The van der Waals surface area contributed by atoms with Crippen LogP contribution in [-0.4, -0.2) is 68.8 Å². The highest BCUT2D eigenvalue weighted by Crippen LogP contribution is 2.20. The summed E-state index contributed by atoms with van der Waals surface area (Å²) in [5, 5.41) is 13.7. The number of carboxylic acids is 1. The summed E-state index contributed by atoms with van der Waals surface area (Å²) in [4.78, 5) is 53.2. The smallest absolute Gasteiger partial charge is 0.475 e. The first-order valence-corrected chi connectivity index (χ1v) is 11.4. The Morgan fingerprint density at radius 3 is 2.36 bits per heavy atom. The second-order valence-corrected chi connectivity index (χ2v) is 8.50. The van der Waals surface area contributed by atoms with Gasteiger partial charge in [0.25, 0.3) is 11.5 Å². The van der Waals surface area contributed by atoms with Crippen molar-refractivity contribution >= 4 is 23.6 Å². The Hall–Kier alpha value is -4.62. The monoisotopic (exact) mass is 549 g/mol. The molecular formula is C25H23F4N5O5. The lowest BCUT2D eigenvalue weighted by Crippen LogP contribution is -2.52. The average molecular weight is 549 g/mol. The molecule has 1 aliphatic heterocycles. The van der Waals surface area contributed by atoms with Gasteiger partial charge in [0, 0.05) is 31.3 Å². The van der Waals surface area contributed by atoms with Gasteiger partial charge in [-0.05, 0) is 49.2 Å². The van der Waals surface area contributed by atoms with Crippen molar-refractivity contribution in [2.45, 2.75) is 26.4 Å². The van der Waals surface area contributed by atoms with Crippen LogP contribution in [0.1, 0.15) is 32.7 Å². The van der Waals surface area contributed by atoms with Gasteiger partial charge in [-0.3, -0.25) is 19.3 Å². The van der Waals surface area contributed by atoms with Gasteiger partial charge in [0.15, 0.2) is 0 Å². The average Bonchev–Trinajstić information content (AvgIpc) is 2.90. The van der Waals surface area contributed by atoms with E-state index in [4.69, 9.17) is 9.90 Å². The fourth-order valence-corrected chi connectivity index (χ4v) is 3.66. The number of carboxylic acid groups (broad SMARTS) is 1. The maximum Gasteiger partial charge on any atom is 0.490 e. The Bertz CT molecular complexity index is 1440. The van der Waals surface area contributed by atoms with E-state index in [1.807, 2.05) is 0 Å². The van der Waals surface area contributed by atoms with E-state index in [2.05, 4.69) is 15.2 Å². The quantitative estimate of drug-likeness (QED) is 0.478. The SMILES string of the molecule is Cc1c(Cc2ccc(F)c(C(=O)N3CCN(c4ccccn4)C(=O)C3)c2)n[nH]c(=O)c1C.O=C(O)C(F)(F)F. The van der Waals surface area contributed by atoms with E-state index in [1.165, 1.54) is 21.9 Å². The molecule has 1 saturated heterocycles. The van der Waals surface area contributed by atoms with E-state index in [9.17, 15) is 31.9 Å². The molecule has 206 valence electrons. The number of pyridine rings is 1. The number of hydrogen-bond donors (Lipinski definition) is 2. The molecule has 39 heavy (non-hydrogen) atoms. The van der Waals surface area contributed by atoms with E-state index in [0.717, 1.165) is 5.56 Å². The van der Waals surface area contributed by atoms with Crippen molar-refractivity contribution in [2.75, 3.05) is 24.5 Å². The van der Waals surface area contributed by atoms with Gasteiger partial charge in [0.05, 0.1) is 11.3 Å². The summed E-state index contributed by atoms with van der Waals surface area (Å²) in [6, 6.07) is 9.57. The first-order valence-electron chi connectivity index (χ1n) is 11.4. The lowest BCUT2D eigenvalue weighted by molar-refractivity contribution is -0.192. The molecular weight excluding hydrogens is 526 g/mol. The van der Waals surface area contributed by atoms with Gasteiger partial charge >= 0.3 is 12.1 Å². The molecule has 2 amide bonds. The molecule has 10 nitrogen and oxygen atoms in total. The minimum absolute atomic E-state index is 0.0969. The van der Waals surface area contributed by atoms with Crippen molar-refractivity contribution in [3.63, 3.8) is 0 Å². The number of nitrogens with zero attached hydrogens (tertiary/aromatic N) is 4. The largest absolute Gasteiger partial charge is 0.490 e. The Labute approximate surface area is 218 Å². The number of halogens is 4. The third kappa shape index (κ3) is 7.03. The van der Waals surface area contributed by atoms with Crippen LogP contribution >= 0.6 is 0 Å². The number of aromatic nitrogens is 3. The van der Waals surface area contributed by atoms with Crippen LogP contribution in [0.5, 0.6) is 0 Å². The Kier molecular flexibility index (Phi) is 8.78. The van der Waals surface area contributed by atoms with Crippen LogP contribution < -0.4 is 10.5 Å². The van der Waals surface area contributed by atoms with E-state index in [-0.39, 0.29) is 36.7 Å². The number of H-pyrrole nitrogens is 1. The van der Waals surface area contributed by atoms with Crippen molar-refractivity contribution in [1.29, 1.82) is 0 Å². The van der Waals surface area contributed by atoms with Crippen molar-refractivity contribution < 1.29 is 37.1 Å². The summed E-state index contributed by atoms with van der Waals surface area (Å²) >= 11 is 0. The molecule has 3 aromatic rings. The molecule has 1 aromatic carbocycles. The topological polar surface area (TPSA) is 137 Å². The molecule has 0 bridgehead atoms. The van der Waals surface area contributed by atoms with Crippen LogP contribution in [0.3, 0.4) is 0 Å². The molecule has 2 aromatic heterocycles. The van der Waals surface area contributed by atoms with E-state index in [0.29, 0.717) is 29.1 Å². The number of aliphatic carboxylic acids is 1. The van der Waals surface area contributed by atoms with Crippen molar-refractivity contribution in [1.82, 2.24) is 20.1 Å². The number of anilines is 1. The molecule has 0 spiro atoms. The van der Waals surface area contributed by atoms with E-state index >= 15 is 0 Å². The van der Waals surface area contributed by atoms with Gasteiger partial charge in [0.1, 0.15) is 18.2 Å². The molecule has 0 radical (unpaired) electrons. The zero-order valence-electron chi connectivity index (χ0n) is 20.8. The van der Waals surface area contributed by atoms with Crippen molar-refractivity contribution in [3.8, 4) is 0 Å². The molecule has 4 rings (SSSR count). The molecule has 1 fully saturated rings. The third-order valence-corrected chi connectivity index (χ3v) is 5.94. The zero-order chi connectivity index (χ0) is 28.9. The highest BCUT2D eigenvalue weighted by Gasteiger charge is 2.38. The van der Waals surface area contributed by atoms with Crippen LogP contribution in [0, 0.1) is 19.7 Å². The highest BCUT2D eigenvalue weighted by atomic mass is 19.4. The predicted octanol–water partition coefficient (Wildman–Crippen LogP) is 2.63. The molecule has 0 aliphatic carbocycles. The van der Waals surface area contributed by atoms with Crippen LogP contribution in [0.15, 0.2) is 47.4 Å². The summed E-state index contributed by atoms with van der Waals surface area (Å²) in [7, 11) is 0. The Morgan fingerprint density at radius 2 is 1.77 bits per heavy atom. The Balaban J connectivity index is 0.000000532. The zero-order valence-corrected chi connectivity index (χ0v) is 20.8. The number of hydrogen-bond acceptors (Lipinski definition) is 6. The molecule has 0 saturated carbocycles. The highest BCUT2D eigenvalue weighted by molar-refractivity contribution is 6.01. The number of piperazine rings is 1. The molecule has 0 atom stereocenters.